The standard InChI is InChI=1S/C17H14FNO4/c1-10-16(20)19(9-11-2-5-13(18)6-3-11)14-7-4-12(17(21)22)8-15(14)23-10/h2-8,10H,9H2,1H3,(H,21,22). The first-order valence-corrected chi connectivity index (χ1v) is 7.05. The Kier molecular flexibility index (Phi) is 3.73. The van der Waals surface area contributed by atoms with E-state index in [4.69, 9.17) is 9.84 Å². The van der Waals surface area contributed by atoms with Gasteiger partial charge in [-0.1, -0.05) is 12.1 Å². The Balaban J connectivity index is 1.98. The van der Waals surface area contributed by atoms with Gasteiger partial charge in [0, 0.05) is 0 Å². The monoisotopic (exact) mass is 315 g/mol. The van der Waals surface area contributed by atoms with Crippen molar-refractivity contribution in [2.24, 2.45) is 0 Å². The largest absolute Gasteiger partial charge is 0.479 e. The predicted octanol–water partition coefficient (Wildman–Crippen LogP) is 2.84. The topological polar surface area (TPSA) is 66.8 Å². The summed E-state index contributed by atoms with van der Waals surface area (Å²) in [6.45, 7) is 1.86. The minimum absolute atomic E-state index is 0.0898. The average Bonchev–Trinajstić information content (AvgIpc) is 2.53. The van der Waals surface area contributed by atoms with Gasteiger partial charge in [-0.05, 0) is 42.8 Å². The van der Waals surface area contributed by atoms with Crippen LogP contribution in [0.1, 0.15) is 22.8 Å². The molecule has 0 saturated heterocycles. The molecule has 0 bridgehead atoms. The van der Waals surface area contributed by atoms with Crippen molar-refractivity contribution in [3.63, 3.8) is 0 Å². The molecule has 0 aliphatic carbocycles. The van der Waals surface area contributed by atoms with Gasteiger partial charge in [0.15, 0.2) is 6.10 Å². The molecule has 23 heavy (non-hydrogen) atoms. The molecule has 1 unspecified atom stereocenters. The maximum atomic E-state index is 13.0. The van der Waals surface area contributed by atoms with Crippen LogP contribution in [0.2, 0.25) is 0 Å². The number of amides is 1. The molecule has 6 heteroatoms. The van der Waals surface area contributed by atoms with Crippen LogP contribution < -0.4 is 9.64 Å². The van der Waals surface area contributed by atoms with Crippen LogP contribution >= 0.6 is 0 Å². The van der Waals surface area contributed by atoms with E-state index in [0.29, 0.717) is 11.4 Å². The van der Waals surface area contributed by atoms with Crippen molar-refractivity contribution in [2.75, 3.05) is 4.90 Å². The van der Waals surface area contributed by atoms with Crippen LogP contribution in [-0.4, -0.2) is 23.1 Å². The van der Waals surface area contributed by atoms with E-state index in [9.17, 15) is 14.0 Å². The lowest BCUT2D eigenvalue weighted by atomic mass is 10.1. The summed E-state index contributed by atoms with van der Waals surface area (Å²) in [5, 5.41) is 9.06. The zero-order valence-corrected chi connectivity index (χ0v) is 12.3. The minimum atomic E-state index is -1.06. The maximum Gasteiger partial charge on any atom is 0.335 e. The molecule has 0 aromatic heterocycles. The van der Waals surface area contributed by atoms with E-state index < -0.39 is 12.1 Å². The molecular weight excluding hydrogens is 301 g/mol. The highest BCUT2D eigenvalue weighted by Crippen LogP contribution is 2.35. The van der Waals surface area contributed by atoms with Crippen molar-refractivity contribution < 1.29 is 23.8 Å². The summed E-state index contributed by atoms with van der Waals surface area (Å²) in [7, 11) is 0. The second kappa shape index (κ2) is 5.72. The van der Waals surface area contributed by atoms with Gasteiger partial charge >= 0.3 is 5.97 Å². The Morgan fingerprint density at radius 2 is 1.96 bits per heavy atom. The normalized spacial score (nSPS) is 16.7. The molecule has 1 N–H and O–H groups in total. The molecule has 0 fully saturated rings. The number of carboxylic acids is 1. The van der Waals surface area contributed by atoms with Gasteiger partial charge in [-0.15, -0.1) is 0 Å². The van der Waals surface area contributed by atoms with E-state index in [1.54, 1.807) is 25.1 Å². The fourth-order valence-electron chi connectivity index (χ4n) is 2.48. The fourth-order valence-corrected chi connectivity index (χ4v) is 2.48. The number of benzene rings is 2. The smallest absolute Gasteiger partial charge is 0.335 e. The minimum Gasteiger partial charge on any atom is -0.479 e. The number of rotatable bonds is 3. The molecule has 3 rings (SSSR count). The van der Waals surface area contributed by atoms with Gasteiger partial charge in [0.2, 0.25) is 0 Å². The van der Waals surface area contributed by atoms with Gasteiger partial charge in [-0.2, -0.15) is 0 Å². The summed E-state index contributed by atoms with van der Waals surface area (Å²) >= 11 is 0. The Morgan fingerprint density at radius 1 is 1.26 bits per heavy atom. The third-order valence-corrected chi connectivity index (χ3v) is 3.67. The molecule has 1 amide bonds. The van der Waals surface area contributed by atoms with Gasteiger partial charge in [-0.25, -0.2) is 9.18 Å². The second-order valence-corrected chi connectivity index (χ2v) is 5.30. The molecule has 1 heterocycles. The molecule has 1 aliphatic heterocycles. The number of anilines is 1. The van der Waals surface area contributed by atoms with Crippen LogP contribution in [-0.2, 0) is 11.3 Å². The number of ether oxygens (including phenoxy) is 1. The van der Waals surface area contributed by atoms with Crippen molar-refractivity contribution in [1.82, 2.24) is 0 Å². The molecule has 2 aromatic rings. The number of fused-ring (bicyclic) bond motifs is 1. The lowest BCUT2D eigenvalue weighted by molar-refractivity contribution is -0.125. The maximum absolute atomic E-state index is 13.0. The van der Waals surface area contributed by atoms with Gasteiger partial charge in [0.1, 0.15) is 11.6 Å². The summed E-state index contributed by atoms with van der Waals surface area (Å²) in [6, 6.07) is 10.2. The molecule has 0 radical (unpaired) electrons. The first-order chi connectivity index (χ1) is 11.0. The summed E-state index contributed by atoms with van der Waals surface area (Å²) in [4.78, 5) is 25.0. The molecule has 2 aromatic carbocycles. The highest BCUT2D eigenvalue weighted by molar-refractivity contribution is 6.00. The van der Waals surface area contributed by atoms with Crippen molar-refractivity contribution in [3.05, 3.63) is 59.4 Å². The Labute approximate surface area is 131 Å². The lowest BCUT2D eigenvalue weighted by Crippen LogP contribution is -2.44. The highest BCUT2D eigenvalue weighted by atomic mass is 19.1. The number of carbonyl (C=O) groups excluding carboxylic acids is 1. The van der Waals surface area contributed by atoms with Gasteiger partial charge < -0.3 is 14.7 Å². The lowest BCUT2D eigenvalue weighted by Gasteiger charge is -2.33. The van der Waals surface area contributed by atoms with Crippen LogP contribution in [0.3, 0.4) is 0 Å². The van der Waals surface area contributed by atoms with Crippen LogP contribution in [0.15, 0.2) is 42.5 Å². The predicted molar refractivity (Wildman–Crippen MR) is 81.1 cm³/mol. The number of carboxylic acid groups (broad SMARTS) is 1. The van der Waals surface area contributed by atoms with E-state index in [1.165, 1.54) is 29.2 Å². The van der Waals surface area contributed by atoms with Crippen molar-refractivity contribution in [1.29, 1.82) is 0 Å². The van der Waals surface area contributed by atoms with E-state index in [-0.39, 0.29) is 23.8 Å². The van der Waals surface area contributed by atoms with E-state index in [1.807, 2.05) is 0 Å². The van der Waals surface area contributed by atoms with Crippen LogP contribution in [0.5, 0.6) is 5.75 Å². The Morgan fingerprint density at radius 3 is 2.61 bits per heavy atom. The summed E-state index contributed by atoms with van der Waals surface area (Å²) in [5.74, 6) is -1.29. The molecular formula is C17H14FNO4. The molecule has 5 nitrogen and oxygen atoms in total. The van der Waals surface area contributed by atoms with Crippen molar-refractivity contribution >= 4 is 17.6 Å². The Bertz CT molecular complexity index is 773. The summed E-state index contributed by atoms with van der Waals surface area (Å²) < 4.78 is 18.5. The fraction of sp³-hybridized carbons (Fsp3) is 0.176. The van der Waals surface area contributed by atoms with Crippen LogP contribution in [0, 0.1) is 5.82 Å². The molecule has 0 spiro atoms. The van der Waals surface area contributed by atoms with Crippen LogP contribution in [0.4, 0.5) is 10.1 Å². The van der Waals surface area contributed by atoms with E-state index in [0.717, 1.165) is 5.56 Å². The number of nitrogens with zero attached hydrogens (tertiary/aromatic N) is 1. The van der Waals surface area contributed by atoms with E-state index in [2.05, 4.69) is 0 Å². The number of hydrogen-bond donors (Lipinski definition) is 1. The highest BCUT2D eigenvalue weighted by Gasteiger charge is 2.32. The summed E-state index contributed by atoms with van der Waals surface area (Å²) in [6.07, 6.45) is -0.716. The van der Waals surface area contributed by atoms with Crippen molar-refractivity contribution in [3.8, 4) is 5.75 Å². The number of halogens is 1. The molecule has 1 atom stereocenters. The zero-order valence-electron chi connectivity index (χ0n) is 12.3. The van der Waals surface area contributed by atoms with Gasteiger partial charge in [0.25, 0.3) is 5.91 Å². The average molecular weight is 315 g/mol. The second-order valence-electron chi connectivity index (χ2n) is 5.30. The molecule has 1 aliphatic rings. The number of hydrogen-bond acceptors (Lipinski definition) is 3. The van der Waals surface area contributed by atoms with Crippen LogP contribution in [0.25, 0.3) is 0 Å². The first kappa shape index (κ1) is 15.0. The molecule has 0 saturated carbocycles. The molecule has 118 valence electrons. The quantitative estimate of drug-likeness (QED) is 0.946. The third kappa shape index (κ3) is 2.88. The zero-order chi connectivity index (χ0) is 16.6. The van der Waals surface area contributed by atoms with Crippen molar-refractivity contribution in [2.45, 2.75) is 19.6 Å². The number of carbonyl (C=O) groups is 2. The van der Waals surface area contributed by atoms with Gasteiger partial charge in [0.05, 0.1) is 17.8 Å². The number of aromatic carboxylic acids is 1. The SMILES string of the molecule is CC1Oc2cc(C(=O)O)ccc2N(Cc2ccc(F)cc2)C1=O. The van der Waals surface area contributed by atoms with E-state index >= 15 is 0 Å². The summed E-state index contributed by atoms with van der Waals surface area (Å²) in [5.41, 5.74) is 1.36. The first-order valence-electron chi connectivity index (χ1n) is 7.05. The third-order valence-electron chi connectivity index (χ3n) is 3.67. The Hall–Kier alpha value is -2.89. The van der Waals surface area contributed by atoms with Gasteiger partial charge in [-0.3, -0.25) is 4.79 Å².